The Morgan fingerprint density at radius 1 is 1.41 bits per heavy atom. The van der Waals surface area contributed by atoms with E-state index in [0.29, 0.717) is 0 Å². The van der Waals surface area contributed by atoms with Crippen molar-refractivity contribution in [2.24, 2.45) is 0 Å². The average Bonchev–Trinajstić information content (AvgIpc) is 2.78. The molecule has 2 aromatic rings. The van der Waals surface area contributed by atoms with Gasteiger partial charge in [0.25, 0.3) is 0 Å². The van der Waals surface area contributed by atoms with Crippen LogP contribution in [0.25, 0.3) is 11.4 Å². The van der Waals surface area contributed by atoms with Crippen LogP contribution in [0.15, 0.2) is 34.9 Å². The minimum Gasteiger partial charge on any atom is -0.341 e. The molecule has 0 bridgehead atoms. The summed E-state index contributed by atoms with van der Waals surface area (Å²) >= 11 is 3.46. The van der Waals surface area contributed by atoms with Gasteiger partial charge in [-0.15, -0.1) is 0 Å². The first-order chi connectivity index (χ1) is 8.29. The lowest BCUT2D eigenvalue weighted by atomic mass is 10.2. The van der Waals surface area contributed by atoms with Gasteiger partial charge in [0.05, 0.1) is 0 Å². The molecule has 2 N–H and O–H groups in total. The zero-order valence-corrected chi connectivity index (χ0v) is 11.4. The zero-order valence-electron chi connectivity index (χ0n) is 9.83. The molecule has 0 radical (unpaired) electrons. The minimum atomic E-state index is 0.842. The van der Waals surface area contributed by atoms with Gasteiger partial charge < -0.3 is 10.3 Å². The smallest absolute Gasteiger partial charge is 0.137 e. The van der Waals surface area contributed by atoms with Crippen LogP contribution in [0, 0.1) is 0 Å². The van der Waals surface area contributed by atoms with Gasteiger partial charge in [0, 0.05) is 28.5 Å². The summed E-state index contributed by atoms with van der Waals surface area (Å²) in [4.78, 5) is 7.71. The molecule has 0 spiro atoms. The minimum absolute atomic E-state index is 0.842. The number of imidazole rings is 1. The predicted molar refractivity (Wildman–Crippen MR) is 73.7 cm³/mol. The van der Waals surface area contributed by atoms with Crippen LogP contribution in [0.4, 0.5) is 0 Å². The normalized spacial score (nSPS) is 10.7. The van der Waals surface area contributed by atoms with Crippen LogP contribution in [0.2, 0.25) is 0 Å². The summed E-state index contributed by atoms with van der Waals surface area (Å²) in [5.74, 6) is 0.916. The number of rotatable bonds is 5. The van der Waals surface area contributed by atoms with Crippen LogP contribution < -0.4 is 5.32 Å². The van der Waals surface area contributed by atoms with E-state index in [1.807, 2.05) is 24.4 Å². The molecule has 4 heteroatoms. The molecule has 0 aliphatic heterocycles. The highest BCUT2D eigenvalue weighted by Gasteiger charge is 2.03. The summed E-state index contributed by atoms with van der Waals surface area (Å²) in [5, 5.41) is 3.35. The molecule has 1 heterocycles. The van der Waals surface area contributed by atoms with Gasteiger partial charge in [-0.25, -0.2) is 4.98 Å². The Morgan fingerprint density at radius 3 is 3.06 bits per heavy atom. The molecule has 17 heavy (non-hydrogen) atoms. The maximum atomic E-state index is 4.39. The average molecular weight is 294 g/mol. The van der Waals surface area contributed by atoms with Crippen LogP contribution in [0.5, 0.6) is 0 Å². The fraction of sp³-hybridized carbons (Fsp3) is 0.308. The van der Waals surface area contributed by atoms with Crippen LogP contribution in [-0.2, 0) is 6.54 Å². The number of H-pyrrole nitrogens is 1. The van der Waals surface area contributed by atoms with Crippen molar-refractivity contribution in [2.45, 2.75) is 19.9 Å². The van der Waals surface area contributed by atoms with Gasteiger partial charge in [-0.1, -0.05) is 35.0 Å². The van der Waals surface area contributed by atoms with Crippen LogP contribution in [0.3, 0.4) is 0 Å². The fourth-order valence-corrected chi connectivity index (χ4v) is 2.03. The number of halogens is 1. The number of nitrogens with zero attached hydrogens (tertiary/aromatic N) is 1. The Kier molecular flexibility index (Phi) is 4.34. The second-order valence-electron chi connectivity index (χ2n) is 3.94. The van der Waals surface area contributed by atoms with Gasteiger partial charge in [0.1, 0.15) is 5.82 Å². The van der Waals surface area contributed by atoms with E-state index in [-0.39, 0.29) is 0 Å². The summed E-state index contributed by atoms with van der Waals surface area (Å²) in [6.07, 6.45) is 3.03. The van der Waals surface area contributed by atoms with Crippen LogP contribution >= 0.6 is 15.9 Å². The molecule has 0 saturated carbocycles. The number of hydrogen-bond donors (Lipinski definition) is 2. The standard InChI is InChI=1S/C13H16BrN3/c1-2-6-15-8-12-9-16-13(17-12)10-4-3-5-11(14)7-10/h3-5,7,9,15H,2,6,8H2,1H3,(H,16,17). The molecular formula is C13H16BrN3. The molecule has 0 saturated heterocycles. The summed E-state index contributed by atoms with van der Waals surface area (Å²) in [6, 6.07) is 8.13. The highest BCUT2D eigenvalue weighted by molar-refractivity contribution is 9.10. The third kappa shape index (κ3) is 3.41. The maximum absolute atomic E-state index is 4.39. The van der Waals surface area contributed by atoms with Crippen molar-refractivity contribution in [3.63, 3.8) is 0 Å². The fourth-order valence-electron chi connectivity index (χ4n) is 1.63. The van der Waals surface area contributed by atoms with Crippen molar-refractivity contribution < 1.29 is 0 Å². The van der Waals surface area contributed by atoms with E-state index in [2.05, 4.69) is 44.2 Å². The lowest BCUT2D eigenvalue weighted by molar-refractivity contribution is 0.667. The second kappa shape index (κ2) is 5.98. The SMILES string of the molecule is CCCNCc1cnc(-c2cccc(Br)c2)[nH]1. The number of hydrogen-bond acceptors (Lipinski definition) is 2. The Balaban J connectivity index is 2.07. The number of aromatic amines is 1. The van der Waals surface area contributed by atoms with E-state index >= 15 is 0 Å². The third-order valence-corrected chi connectivity index (χ3v) is 2.96. The van der Waals surface area contributed by atoms with E-state index < -0.39 is 0 Å². The van der Waals surface area contributed by atoms with E-state index in [0.717, 1.165) is 41.1 Å². The third-order valence-electron chi connectivity index (χ3n) is 2.47. The predicted octanol–water partition coefficient (Wildman–Crippen LogP) is 3.34. The first-order valence-electron chi connectivity index (χ1n) is 5.80. The Labute approximate surface area is 110 Å². The molecule has 2 rings (SSSR count). The molecule has 0 aliphatic carbocycles. The van der Waals surface area contributed by atoms with Crippen molar-refractivity contribution in [3.8, 4) is 11.4 Å². The quantitative estimate of drug-likeness (QED) is 0.830. The van der Waals surface area contributed by atoms with E-state index in [9.17, 15) is 0 Å². The van der Waals surface area contributed by atoms with Crippen molar-refractivity contribution in [1.29, 1.82) is 0 Å². The Hall–Kier alpha value is -1.13. The van der Waals surface area contributed by atoms with Gasteiger partial charge in [0.15, 0.2) is 0 Å². The zero-order chi connectivity index (χ0) is 12.1. The first kappa shape index (κ1) is 12.3. The molecular weight excluding hydrogens is 278 g/mol. The van der Waals surface area contributed by atoms with Gasteiger partial charge >= 0.3 is 0 Å². The number of nitrogens with one attached hydrogen (secondary N) is 2. The second-order valence-corrected chi connectivity index (χ2v) is 4.86. The van der Waals surface area contributed by atoms with Crippen molar-refractivity contribution in [1.82, 2.24) is 15.3 Å². The van der Waals surface area contributed by atoms with Crippen molar-refractivity contribution in [3.05, 3.63) is 40.6 Å². The van der Waals surface area contributed by atoms with Gasteiger partial charge in [-0.3, -0.25) is 0 Å². The summed E-state index contributed by atoms with van der Waals surface area (Å²) in [7, 11) is 0. The molecule has 0 fully saturated rings. The number of aromatic nitrogens is 2. The van der Waals surface area contributed by atoms with Gasteiger partial charge in [-0.2, -0.15) is 0 Å². The molecule has 0 atom stereocenters. The molecule has 1 aromatic heterocycles. The number of benzene rings is 1. The van der Waals surface area contributed by atoms with E-state index in [1.165, 1.54) is 0 Å². The first-order valence-corrected chi connectivity index (χ1v) is 6.59. The van der Waals surface area contributed by atoms with Gasteiger partial charge in [-0.05, 0) is 25.1 Å². The highest BCUT2D eigenvalue weighted by atomic mass is 79.9. The summed E-state index contributed by atoms with van der Waals surface area (Å²) < 4.78 is 1.07. The summed E-state index contributed by atoms with van der Waals surface area (Å²) in [5.41, 5.74) is 2.22. The highest BCUT2D eigenvalue weighted by Crippen LogP contribution is 2.20. The van der Waals surface area contributed by atoms with Crippen LogP contribution in [0.1, 0.15) is 19.0 Å². The van der Waals surface area contributed by atoms with Gasteiger partial charge in [0.2, 0.25) is 0 Å². The van der Waals surface area contributed by atoms with Crippen LogP contribution in [-0.4, -0.2) is 16.5 Å². The molecule has 90 valence electrons. The lowest BCUT2D eigenvalue weighted by Crippen LogP contribution is -2.13. The Bertz CT molecular complexity index is 479. The Morgan fingerprint density at radius 2 is 2.29 bits per heavy atom. The lowest BCUT2D eigenvalue weighted by Gasteiger charge is -2.00. The molecule has 0 amide bonds. The summed E-state index contributed by atoms with van der Waals surface area (Å²) in [6.45, 7) is 4.03. The molecule has 0 unspecified atom stereocenters. The van der Waals surface area contributed by atoms with E-state index in [4.69, 9.17) is 0 Å². The van der Waals surface area contributed by atoms with Crippen molar-refractivity contribution >= 4 is 15.9 Å². The molecule has 1 aromatic carbocycles. The van der Waals surface area contributed by atoms with Crippen molar-refractivity contribution in [2.75, 3.05) is 6.54 Å². The monoisotopic (exact) mass is 293 g/mol. The molecule has 3 nitrogen and oxygen atoms in total. The van der Waals surface area contributed by atoms with E-state index in [1.54, 1.807) is 0 Å². The topological polar surface area (TPSA) is 40.7 Å². The largest absolute Gasteiger partial charge is 0.341 e. The maximum Gasteiger partial charge on any atom is 0.137 e. The molecule has 0 aliphatic rings.